The van der Waals surface area contributed by atoms with E-state index in [1.54, 1.807) is 16.7 Å². The van der Waals surface area contributed by atoms with E-state index < -0.39 is 0 Å². The normalized spacial score (nSPS) is 20.7. The van der Waals surface area contributed by atoms with Crippen LogP contribution in [0.25, 0.3) is 0 Å². The Hall–Kier alpha value is -2.00. The molecule has 3 rings (SSSR count). The number of primary amides is 1. The number of hydrogen-bond acceptors (Lipinski definition) is 6. The van der Waals surface area contributed by atoms with Crippen LogP contribution in [-0.4, -0.2) is 60.0 Å². The average molecular weight is 394 g/mol. The highest BCUT2D eigenvalue weighted by Gasteiger charge is 2.30. The lowest BCUT2D eigenvalue weighted by Crippen LogP contribution is -2.41. The molecular formula is C18H26N4O4S. The molecule has 0 aromatic carbocycles. The van der Waals surface area contributed by atoms with Gasteiger partial charge in [0.1, 0.15) is 4.88 Å². The maximum atomic E-state index is 12.9. The third kappa shape index (κ3) is 4.47. The molecule has 1 aromatic rings. The van der Waals surface area contributed by atoms with Crippen molar-refractivity contribution in [2.24, 2.45) is 11.7 Å². The number of piperidine rings is 1. The number of thiazole rings is 1. The van der Waals surface area contributed by atoms with Crippen LogP contribution in [0.4, 0.5) is 5.13 Å². The van der Waals surface area contributed by atoms with E-state index >= 15 is 0 Å². The molecule has 0 bridgehead atoms. The molecule has 3 heterocycles. The van der Waals surface area contributed by atoms with Gasteiger partial charge in [0.05, 0.1) is 18.3 Å². The zero-order valence-corrected chi connectivity index (χ0v) is 16.6. The van der Waals surface area contributed by atoms with Gasteiger partial charge in [0.25, 0.3) is 5.91 Å². The first-order chi connectivity index (χ1) is 12.9. The molecule has 1 aromatic heterocycles. The van der Waals surface area contributed by atoms with Crippen LogP contribution in [0.1, 0.15) is 48.0 Å². The molecule has 3 amide bonds. The molecule has 2 aliphatic heterocycles. The van der Waals surface area contributed by atoms with Crippen molar-refractivity contribution >= 4 is 34.2 Å². The van der Waals surface area contributed by atoms with Gasteiger partial charge in [-0.15, -0.1) is 0 Å². The first kappa shape index (κ1) is 19.8. The number of aromatic nitrogens is 1. The second kappa shape index (κ2) is 8.35. The highest BCUT2D eigenvalue weighted by molar-refractivity contribution is 7.17. The van der Waals surface area contributed by atoms with Crippen molar-refractivity contribution < 1.29 is 19.1 Å². The Bertz CT molecular complexity index is 721. The first-order valence-corrected chi connectivity index (χ1v) is 10.1. The van der Waals surface area contributed by atoms with Crippen LogP contribution in [0.5, 0.6) is 0 Å². The van der Waals surface area contributed by atoms with E-state index in [9.17, 15) is 14.4 Å². The predicted octanol–water partition coefficient (Wildman–Crippen LogP) is 1.32. The topological polar surface area (TPSA) is 106 Å². The quantitative estimate of drug-likeness (QED) is 0.811. The Morgan fingerprint density at radius 1 is 1.30 bits per heavy atom. The van der Waals surface area contributed by atoms with Crippen molar-refractivity contribution in [1.82, 2.24) is 9.88 Å². The van der Waals surface area contributed by atoms with Crippen molar-refractivity contribution in [2.75, 3.05) is 31.1 Å². The van der Waals surface area contributed by atoms with Crippen LogP contribution < -0.4 is 10.6 Å². The number of ether oxygens (including phenoxy) is 1. The van der Waals surface area contributed by atoms with Crippen LogP contribution in [-0.2, 0) is 14.3 Å². The zero-order valence-electron chi connectivity index (χ0n) is 15.8. The van der Waals surface area contributed by atoms with E-state index in [1.165, 1.54) is 18.3 Å². The summed E-state index contributed by atoms with van der Waals surface area (Å²) in [6.45, 7) is 5.48. The van der Waals surface area contributed by atoms with Gasteiger partial charge in [-0.2, -0.15) is 0 Å². The van der Waals surface area contributed by atoms with Crippen LogP contribution in [0, 0.1) is 12.8 Å². The largest absolute Gasteiger partial charge is 0.376 e. The lowest BCUT2D eigenvalue weighted by atomic mass is 9.96. The van der Waals surface area contributed by atoms with E-state index in [0.717, 1.165) is 19.4 Å². The van der Waals surface area contributed by atoms with Gasteiger partial charge >= 0.3 is 0 Å². The number of rotatable bonds is 5. The fourth-order valence-corrected chi connectivity index (χ4v) is 4.63. The number of carbonyl (C=O) groups is 3. The van der Waals surface area contributed by atoms with Gasteiger partial charge < -0.3 is 15.4 Å². The van der Waals surface area contributed by atoms with Crippen LogP contribution in [0.2, 0.25) is 0 Å². The maximum Gasteiger partial charge on any atom is 0.265 e. The van der Waals surface area contributed by atoms with Crippen molar-refractivity contribution in [2.45, 2.75) is 45.6 Å². The summed E-state index contributed by atoms with van der Waals surface area (Å²) in [4.78, 5) is 44.7. The molecule has 0 spiro atoms. The lowest BCUT2D eigenvalue weighted by molar-refractivity contribution is -0.123. The molecule has 1 atom stereocenters. The standard InChI is InChI=1S/C18H26N4O4S/c1-11-15(17(25)21-7-5-13(6-8-21)16(19)24)27-18(20-11)22(12(2)23)10-14-4-3-9-26-14/h13-14H,3-10H2,1-2H3,(H2,19,24)/t14-/m1/s1. The van der Waals surface area contributed by atoms with Gasteiger partial charge in [-0.05, 0) is 32.6 Å². The lowest BCUT2D eigenvalue weighted by Gasteiger charge is -2.30. The minimum Gasteiger partial charge on any atom is -0.376 e. The van der Waals surface area contributed by atoms with E-state index in [4.69, 9.17) is 10.5 Å². The molecule has 9 heteroatoms. The number of amides is 3. The van der Waals surface area contributed by atoms with Crippen molar-refractivity contribution in [3.63, 3.8) is 0 Å². The summed E-state index contributed by atoms with van der Waals surface area (Å²) in [6, 6.07) is 0. The molecule has 27 heavy (non-hydrogen) atoms. The highest BCUT2D eigenvalue weighted by Crippen LogP contribution is 2.30. The van der Waals surface area contributed by atoms with Gasteiger partial charge in [-0.1, -0.05) is 11.3 Å². The zero-order chi connectivity index (χ0) is 19.6. The minimum absolute atomic E-state index is 0.0186. The van der Waals surface area contributed by atoms with Crippen LogP contribution in [0.15, 0.2) is 0 Å². The van der Waals surface area contributed by atoms with Crippen molar-refractivity contribution in [3.05, 3.63) is 10.6 Å². The maximum absolute atomic E-state index is 12.9. The molecule has 2 N–H and O–H groups in total. The molecule has 2 saturated heterocycles. The van der Waals surface area contributed by atoms with Gasteiger partial charge in [-0.3, -0.25) is 19.3 Å². The summed E-state index contributed by atoms with van der Waals surface area (Å²) >= 11 is 1.24. The number of carbonyl (C=O) groups excluding carboxylic acids is 3. The molecule has 0 radical (unpaired) electrons. The van der Waals surface area contributed by atoms with Gasteiger partial charge in [0, 0.05) is 32.5 Å². The number of aryl methyl sites for hydroxylation is 1. The van der Waals surface area contributed by atoms with Crippen LogP contribution >= 0.6 is 11.3 Å². The monoisotopic (exact) mass is 394 g/mol. The Kier molecular flexibility index (Phi) is 6.11. The predicted molar refractivity (Wildman–Crippen MR) is 102 cm³/mol. The Morgan fingerprint density at radius 2 is 2.00 bits per heavy atom. The molecule has 2 aliphatic rings. The number of likely N-dealkylation sites (tertiary alicyclic amines) is 1. The van der Waals surface area contributed by atoms with E-state index in [0.29, 0.717) is 48.2 Å². The first-order valence-electron chi connectivity index (χ1n) is 9.32. The van der Waals surface area contributed by atoms with Gasteiger partial charge in [0.15, 0.2) is 5.13 Å². The van der Waals surface area contributed by atoms with Crippen molar-refractivity contribution in [1.29, 1.82) is 0 Å². The fourth-order valence-electron chi connectivity index (χ4n) is 3.54. The summed E-state index contributed by atoms with van der Waals surface area (Å²) in [5.41, 5.74) is 5.98. The van der Waals surface area contributed by atoms with Gasteiger partial charge in [0.2, 0.25) is 11.8 Å². The summed E-state index contributed by atoms with van der Waals surface area (Å²) in [5.74, 6) is -0.670. The van der Waals surface area contributed by atoms with E-state index in [-0.39, 0.29) is 29.7 Å². The second-order valence-electron chi connectivity index (χ2n) is 7.14. The summed E-state index contributed by atoms with van der Waals surface area (Å²) in [5, 5.41) is 0.533. The molecule has 0 unspecified atom stereocenters. The smallest absolute Gasteiger partial charge is 0.265 e. The third-order valence-electron chi connectivity index (χ3n) is 5.19. The second-order valence-corrected chi connectivity index (χ2v) is 8.12. The minimum atomic E-state index is -0.301. The fraction of sp³-hybridized carbons (Fsp3) is 0.667. The average Bonchev–Trinajstić information content (AvgIpc) is 3.28. The Balaban J connectivity index is 1.71. The van der Waals surface area contributed by atoms with E-state index in [1.807, 2.05) is 0 Å². The number of nitrogens with zero attached hydrogens (tertiary/aromatic N) is 3. The number of anilines is 1. The van der Waals surface area contributed by atoms with Gasteiger partial charge in [-0.25, -0.2) is 4.98 Å². The highest BCUT2D eigenvalue weighted by atomic mass is 32.1. The molecule has 2 fully saturated rings. The molecular weight excluding hydrogens is 368 g/mol. The molecule has 0 saturated carbocycles. The SMILES string of the molecule is CC(=O)N(C[C@H]1CCCO1)c1nc(C)c(C(=O)N2CCC(C(N)=O)CC2)s1. The number of hydrogen-bond donors (Lipinski definition) is 1. The summed E-state index contributed by atoms with van der Waals surface area (Å²) in [6.07, 6.45) is 3.12. The van der Waals surface area contributed by atoms with E-state index in [2.05, 4.69) is 4.98 Å². The third-order valence-corrected chi connectivity index (χ3v) is 6.35. The molecule has 0 aliphatic carbocycles. The molecule has 148 valence electrons. The van der Waals surface area contributed by atoms with Crippen molar-refractivity contribution in [3.8, 4) is 0 Å². The van der Waals surface area contributed by atoms with Crippen LogP contribution in [0.3, 0.4) is 0 Å². The number of nitrogens with two attached hydrogens (primary N) is 1. The summed E-state index contributed by atoms with van der Waals surface area (Å²) in [7, 11) is 0. The Morgan fingerprint density at radius 3 is 2.56 bits per heavy atom. The Labute approximate surface area is 162 Å². The summed E-state index contributed by atoms with van der Waals surface area (Å²) < 4.78 is 5.63. The molecule has 8 nitrogen and oxygen atoms in total.